The first-order valence-electron chi connectivity index (χ1n) is 5.26. The van der Waals surface area contributed by atoms with E-state index in [0.717, 1.165) is 25.0 Å². The highest BCUT2D eigenvalue weighted by molar-refractivity contribution is 7.90. The van der Waals surface area contributed by atoms with Crippen molar-refractivity contribution in [1.29, 1.82) is 0 Å². The SMILES string of the molecule is CS(=O)(=O)Cc1nc(CC2(N)CCC2)cs1. The summed E-state index contributed by atoms with van der Waals surface area (Å²) < 4.78 is 22.2. The van der Waals surface area contributed by atoms with Crippen LogP contribution in [0.2, 0.25) is 0 Å². The maximum atomic E-state index is 11.1. The summed E-state index contributed by atoms with van der Waals surface area (Å²) in [6, 6.07) is 0. The van der Waals surface area contributed by atoms with Gasteiger partial charge in [-0.2, -0.15) is 0 Å². The fraction of sp³-hybridized carbons (Fsp3) is 0.700. The number of aromatic nitrogens is 1. The van der Waals surface area contributed by atoms with Gasteiger partial charge in [0, 0.05) is 23.6 Å². The molecule has 2 N–H and O–H groups in total. The first kappa shape index (κ1) is 12.0. The molecule has 0 amide bonds. The Labute approximate surface area is 99.8 Å². The van der Waals surface area contributed by atoms with Crippen LogP contribution in [0, 0.1) is 0 Å². The lowest BCUT2D eigenvalue weighted by molar-refractivity contribution is 0.246. The van der Waals surface area contributed by atoms with Gasteiger partial charge in [0.05, 0.1) is 5.69 Å². The summed E-state index contributed by atoms with van der Waals surface area (Å²) in [5.41, 5.74) is 6.97. The smallest absolute Gasteiger partial charge is 0.153 e. The molecule has 2 rings (SSSR count). The summed E-state index contributed by atoms with van der Waals surface area (Å²) in [4.78, 5) is 4.32. The second kappa shape index (κ2) is 4.09. The van der Waals surface area contributed by atoms with E-state index >= 15 is 0 Å². The van der Waals surface area contributed by atoms with E-state index in [4.69, 9.17) is 5.73 Å². The molecule has 0 unspecified atom stereocenters. The van der Waals surface area contributed by atoms with Crippen molar-refractivity contribution in [2.45, 2.75) is 37.0 Å². The van der Waals surface area contributed by atoms with Crippen LogP contribution >= 0.6 is 11.3 Å². The number of rotatable bonds is 4. The molecule has 1 aromatic rings. The fourth-order valence-corrected chi connectivity index (χ4v) is 3.89. The van der Waals surface area contributed by atoms with Gasteiger partial charge in [-0.1, -0.05) is 0 Å². The normalized spacial score (nSPS) is 19.4. The largest absolute Gasteiger partial charge is 0.325 e. The Balaban J connectivity index is 2.02. The van der Waals surface area contributed by atoms with Gasteiger partial charge in [-0.3, -0.25) is 0 Å². The zero-order valence-corrected chi connectivity index (χ0v) is 10.9. The number of sulfone groups is 1. The van der Waals surface area contributed by atoms with Crippen LogP contribution in [0.5, 0.6) is 0 Å². The molecule has 1 saturated carbocycles. The van der Waals surface area contributed by atoms with E-state index in [0.29, 0.717) is 5.01 Å². The molecule has 0 saturated heterocycles. The van der Waals surface area contributed by atoms with E-state index < -0.39 is 9.84 Å². The van der Waals surface area contributed by atoms with Crippen LogP contribution in [0.4, 0.5) is 0 Å². The molecule has 1 aliphatic rings. The summed E-state index contributed by atoms with van der Waals surface area (Å²) in [5, 5.41) is 2.59. The van der Waals surface area contributed by atoms with Crippen molar-refractivity contribution >= 4 is 21.2 Å². The van der Waals surface area contributed by atoms with E-state index in [1.54, 1.807) is 0 Å². The molecule has 6 heteroatoms. The van der Waals surface area contributed by atoms with Gasteiger partial charge in [-0.25, -0.2) is 13.4 Å². The van der Waals surface area contributed by atoms with Gasteiger partial charge >= 0.3 is 0 Å². The molecule has 1 aliphatic carbocycles. The summed E-state index contributed by atoms with van der Waals surface area (Å²) in [5.74, 6) is 0.0369. The van der Waals surface area contributed by atoms with Gasteiger partial charge < -0.3 is 5.73 Å². The molecule has 0 atom stereocenters. The summed E-state index contributed by atoms with van der Waals surface area (Å²) in [6.07, 6.45) is 5.28. The quantitative estimate of drug-likeness (QED) is 0.880. The van der Waals surface area contributed by atoms with Gasteiger partial charge in [0.25, 0.3) is 0 Å². The van der Waals surface area contributed by atoms with Crippen LogP contribution in [0.25, 0.3) is 0 Å². The van der Waals surface area contributed by atoms with Crippen molar-refractivity contribution in [3.8, 4) is 0 Å². The number of hydrogen-bond donors (Lipinski definition) is 1. The standard InChI is InChI=1S/C10H16N2O2S2/c1-16(13,14)7-9-12-8(6-15-9)5-10(11)3-2-4-10/h6H,2-5,7,11H2,1H3. The zero-order valence-electron chi connectivity index (χ0n) is 9.27. The lowest BCUT2D eigenvalue weighted by Gasteiger charge is -2.37. The monoisotopic (exact) mass is 260 g/mol. The predicted octanol–water partition coefficient (Wildman–Crippen LogP) is 1.11. The zero-order chi connectivity index (χ0) is 11.8. The van der Waals surface area contributed by atoms with Crippen LogP contribution in [-0.4, -0.2) is 25.2 Å². The van der Waals surface area contributed by atoms with E-state index in [1.165, 1.54) is 24.0 Å². The van der Waals surface area contributed by atoms with Gasteiger partial charge in [0.1, 0.15) is 10.8 Å². The van der Waals surface area contributed by atoms with Crippen LogP contribution in [0.3, 0.4) is 0 Å². The molecular formula is C10H16N2O2S2. The van der Waals surface area contributed by atoms with Crippen LogP contribution < -0.4 is 5.73 Å². The Morgan fingerprint density at radius 1 is 1.56 bits per heavy atom. The minimum Gasteiger partial charge on any atom is -0.325 e. The maximum absolute atomic E-state index is 11.1. The molecule has 1 fully saturated rings. The lowest BCUT2D eigenvalue weighted by atomic mass is 9.75. The number of thiazole rings is 1. The Morgan fingerprint density at radius 2 is 2.25 bits per heavy atom. The van der Waals surface area contributed by atoms with Crippen molar-refractivity contribution in [3.63, 3.8) is 0 Å². The third kappa shape index (κ3) is 3.02. The highest BCUT2D eigenvalue weighted by Gasteiger charge is 2.33. The van der Waals surface area contributed by atoms with Crippen molar-refractivity contribution < 1.29 is 8.42 Å². The highest BCUT2D eigenvalue weighted by Crippen LogP contribution is 2.32. The fourth-order valence-electron chi connectivity index (χ4n) is 1.89. The Bertz CT molecular complexity index is 475. The highest BCUT2D eigenvalue weighted by atomic mass is 32.2. The molecule has 0 aromatic carbocycles. The van der Waals surface area contributed by atoms with Gasteiger partial charge in [0.15, 0.2) is 9.84 Å². The number of nitrogens with zero attached hydrogens (tertiary/aromatic N) is 1. The average molecular weight is 260 g/mol. The summed E-state index contributed by atoms with van der Waals surface area (Å²) >= 11 is 1.41. The minimum atomic E-state index is -2.98. The molecule has 16 heavy (non-hydrogen) atoms. The van der Waals surface area contributed by atoms with Crippen LogP contribution in [-0.2, 0) is 22.0 Å². The molecule has 1 aromatic heterocycles. The molecular weight excluding hydrogens is 244 g/mol. The molecule has 0 bridgehead atoms. The maximum Gasteiger partial charge on any atom is 0.153 e. The third-order valence-corrected chi connectivity index (χ3v) is 4.75. The van der Waals surface area contributed by atoms with Crippen LogP contribution in [0.1, 0.15) is 30.0 Å². The molecule has 4 nitrogen and oxygen atoms in total. The Hall–Kier alpha value is -0.460. The first-order valence-corrected chi connectivity index (χ1v) is 8.20. The lowest BCUT2D eigenvalue weighted by Crippen LogP contribution is -2.48. The summed E-state index contributed by atoms with van der Waals surface area (Å²) in [6.45, 7) is 0. The molecule has 90 valence electrons. The van der Waals surface area contributed by atoms with Gasteiger partial charge in [-0.15, -0.1) is 11.3 Å². The minimum absolute atomic E-state index is 0.0369. The van der Waals surface area contributed by atoms with Crippen molar-refractivity contribution in [2.75, 3.05) is 6.26 Å². The van der Waals surface area contributed by atoms with Gasteiger partial charge in [-0.05, 0) is 19.3 Å². The average Bonchev–Trinajstić information content (AvgIpc) is 2.46. The molecule has 0 radical (unpaired) electrons. The van der Waals surface area contributed by atoms with Gasteiger partial charge in [0.2, 0.25) is 0 Å². The van der Waals surface area contributed by atoms with E-state index in [-0.39, 0.29) is 11.3 Å². The van der Waals surface area contributed by atoms with E-state index in [9.17, 15) is 8.42 Å². The first-order chi connectivity index (χ1) is 7.36. The molecule has 1 heterocycles. The molecule has 0 spiro atoms. The second-order valence-electron chi connectivity index (χ2n) is 4.70. The van der Waals surface area contributed by atoms with E-state index in [1.807, 2.05) is 5.38 Å². The van der Waals surface area contributed by atoms with Crippen molar-refractivity contribution in [1.82, 2.24) is 4.98 Å². The Kier molecular flexibility index (Phi) is 3.07. The van der Waals surface area contributed by atoms with Crippen LogP contribution in [0.15, 0.2) is 5.38 Å². The third-order valence-electron chi connectivity index (χ3n) is 2.87. The number of nitrogens with two attached hydrogens (primary N) is 1. The van der Waals surface area contributed by atoms with Crippen molar-refractivity contribution in [2.24, 2.45) is 5.73 Å². The topological polar surface area (TPSA) is 73.0 Å². The predicted molar refractivity (Wildman–Crippen MR) is 65.1 cm³/mol. The van der Waals surface area contributed by atoms with E-state index in [2.05, 4.69) is 4.98 Å². The number of hydrogen-bond acceptors (Lipinski definition) is 5. The molecule has 0 aliphatic heterocycles. The Morgan fingerprint density at radius 3 is 2.75 bits per heavy atom. The van der Waals surface area contributed by atoms with Crippen molar-refractivity contribution in [3.05, 3.63) is 16.1 Å². The second-order valence-corrected chi connectivity index (χ2v) is 7.78. The summed E-state index contributed by atoms with van der Waals surface area (Å²) in [7, 11) is -2.98.